The second-order valence-corrected chi connectivity index (χ2v) is 2.26. The maximum absolute atomic E-state index is 5.13. The Morgan fingerprint density at radius 2 is 2.23 bits per heavy atom. The van der Waals surface area contributed by atoms with E-state index in [2.05, 4.69) is 25.7 Å². The lowest BCUT2D eigenvalue weighted by atomic mass is 10.5. The first kappa shape index (κ1) is 7.62. The highest BCUT2D eigenvalue weighted by Crippen LogP contribution is 2.02. The Hall–Kier alpha value is -2.02. The molecule has 0 amide bonds. The summed E-state index contributed by atoms with van der Waals surface area (Å²) < 4.78 is 1.51. The first-order valence-corrected chi connectivity index (χ1v) is 3.55. The zero-order valence-electron chi connectivity index (χ0n) is 6.62. The predicted molar refractivity (Wildman–Crippen MR) is 44.8 cm³/mol. The van der Waals surface area contributed by atoms with E-state index in [1.807, 2.05) is 0 Å². The summed E-state index contributed by atoms with van der Waals surface area (Å²) in [7, 11) is 0. The van der Waals surface area contributed by atoms with Crippen LogP contribution in [0.4, 0.5) is 5.82 Å². The van der Waals surface area contributed by atoms with Crippen molar-refractivity contribution in [1.82, 2.24) is 25.0 Å². The van der Waals surface area contributed by atoms with E-state index >= 15 is 0 Å². The molecule has 0 aliphatic heterocycles. The van der Waals surface area contributed by atoms with Gasteiger partial charge in [-0.1, -0.05) is 0 Å². The van der Waals surface area contributed by atoms with E-state index in [1.54, 1.807) is 18.5 Å². The summed E-state index contributed by atoms with van der Waals surface area (Å²) in [5.41, 5.74) is 2.38. The van der Waals surface area contributed by atoms with Crippen molar-refractivity contribution < 1.29 is 0 Å². The van der Waals surface area contributed by atoms with Crippen LogP contribution in [0.15, 0.2) is 24.8 Å². The SMILES string of the molecule is NNc1ccc(-n2cncn2)nn1. The Balaban J connectivity index is 2.33. The van der Waals surface area contributed by atoms with Crippen LogP contribution in [-0.2, 0) is 0 Å². The summed E-state index contributed by atoms with van der Waals surface area (Å²) >= 11 is 0. The van der Waals surface area contributed by atoms with Crippen molar-refractivity contribution in [2.45, 2.75) is 0 Å². The average Bonchev–Trinajstić information content (AvgIpc) is 2.71. The molecule has 2 aromatic rings. The van der Waals surface area contributed by atoms with Gasteiger partial charge in [-0.3, -0.25) is 0 Å². The first-order valence-electron chi connectivity index (χ1n) is 3.55. The quantitative estimate of drug-likeness (QED) is 0.467. The van der Waals surface area contributed by atoms with Crippen LogP contribution < -0.4 is 11.3 Å². The van der Waals surface area contributed by atoms with Gasteiger partial charge in [0.25, 0.3) is 0 Å². The van der Waals surface area contributed by atoms with Gasteiger partial charge in [-0.25, -0.2) is 15.5 Å². The van der Waals surface area contributed by atoms with E-state index in [0.29, 0.717) is 11.6 Å². The third kappa shape index (κ3) is 1.44. The number of rotatable bonds is 2. The summed E-state index contributed by atoms with van der Waals surface area (Å²) in [6.07, 6.45) is 2.97. The minimum Gasteiger partial charge on any atom is -0.307 e. The Kier molecular flexibility index (Phi) is 1.85. The molecule has 0 unspecified atom stereocenters. The number of aromatic nitrogens is 5. The molecule has 66 valence electrons. The molecule has 0 spiro atoms. The molecule has 0 saturated carbocycles. The van der Waals surface area contributed by atoms with Crippen LogP contribution in [0.5, 0.6) is 0 Å². The van der Waals surface area contributed by atoms with Gasteiger partial charge in [0.05, 0.1) is 0 Å². The van der Waals surface area contributed by atoms with Gasteiger partial charge >= 0.3 is 0 Å². The number of nitrogens with one attached hydrogen (secondary N) is 1. The van der Waals surface area contributed by atoms with E-state index < -0.39 is 0 Å². The fraction of sp³-hybridized carbons (Fsp3) is 0. The Morgan fingerprint density at radius 3 is 2.77 bits per heavy atom. The van der Waals surface area contributed by atoms with Crippen LogP contribution in [-0.4, -0.2) is 25.0 Å². The van der Waals surface area contributed by atoms with Gasteiger partial charge in [0.2, 0.25) is 0 Å². The molecular formula is C6H7N7. The lowest BCUT2D eigenvalue weighted by Gasteiger charge is -1.99. The molecule has 3 N–H and O–H groups in total. The highest BCUT2D eigenvalue weighted by atomic mass is 15.4. The molecule has 0 saturated heterocycles. The van der Waals surface area contributed by atoms with Gasteiger partial charge in [0.15, 0.2) is 11.6 Å². The van der Waals surface area contributed by atoms with E-state index in [1.165, 1.54) is 11.0 Å². The fourth-order valence-electron chi connectivity index (χ4n) is 0.851. The molecule has 13 heavy (non-hydrogen) atoms. The number of nitrogen functional groups attached to an aromatic ring is 1. The molecule has 7 nitrogen and oxygen atoms in total. The van der Waals surface area contributed by atoms with Crippen LogP contribution in [0.1, 0.15) is 0 Å². The van der Waals surface area contributed by atoms with Gasteiger partial charge in [0, 0.05) is 0 Å². The van der Waals surface area contributed by atoms with Gasteiger partial charge in [-0.05, 0) is 12.1 Å². The van der Waals surface area contributed by atoms with E-state index in [-0.39, 0.29) is 0 Å². The van der Waals surface area contributed by atoms with Crippen molar-refractivity contribution >= 4 is 5.82 Å². The van der Waals surface area contributed by atoms with Crippen molar-refractivity contribution in [3.8, 4) is 5.82 Å². The normalized spacial score (nSPS) is 9.92. The van der Waals surface area contributed by atoms with E-state index in [0.717, 1.165) is 0 Å². The van der Waals surface area contributed by atoms with Crippen LogP contribution in [0.3, 0.4) is 0 Å². The van der Waals surface area contributed by atoms with Crippen LogP contribution in [0.2, 0.25) is 0 Å². The smallest absolute Gasteiger partial charge is 0.177 e. The minimum atomic E-state index is 0.504. The molecule has 0 radical (unpaired) electrons. The molecular weight excluding hydrogens is 170 g/mol. The monoisotopic (exact) mass is 177 g/mol. The number of hydrazine groups is 1. The number of hydrogen-bond donors (Lipinski definition) is 2. The standard InChI is InChI=1S/C6H7N7/c7-10-5-1-2-6(12-11-5)13-4-8-3-9-13/h1-4H,7H2,(H,10,11). The maximum Gasteiger partial charge on any atom is 0.177 e. The lowest BCUT2D eigenvalue weighted by molar-refractivity contribution is 0.813. The highest BCUT2D eigenvalue weighted by molar-refractivity contribution is 5.34. The van der Waals surface area contributed by atoms with Gasteiger partial charge in [-0.15, -0.1) is 10.2 Å². The third-order valence-corrected chi connectivity index (χ3v) is 1.45. The molecule has 0 atom stereocenters. The Morgan fingerprint density at radius 1 is 1.31 bits per heavy atom. The van der Waals surface area contributed by atoms with Crippen molar-refractivity contribution in [3.05, 3.63) is 24.8 Å². The van der Waals surface area contributed by atoms with Gasteiger partial charge < -0.3 is 5.43 Å². The molecule has 0 bridgehead atoms. The summed E-state index contributed by atoms with van der Waals surface area (Å²) in [6, 6.07) is 3.43. The summed E-state index contributed by atoms with van der Waals surface area (Å²) in [6.45, 7) is 0. The second kappa shape index (κ2) is 3.15. The topological polar surface area (TPSA) is 94.5 Å². The third-order valence-electron chi connectivity index (χ3n) is 1.45. The van der Waals surface area contributed by atoms with Gasteiger partial charge in [-0.2, -0.15) is 5.10 Å². The molecule has 0 aliphatic rings. The largest absolute Gasteiger partial charge is 0.307 e. The van der Waals surface area contributed by atoms with Crippen molar-refractivity contribution in [1.29, 1.82) is 0 Å². The Labute approximate surface area is 73.6 Å². The fourth-order valence-corrected chi connectivity index (χ4v) is 0.851. The molecule has 0 fully saturated rings. The summed E-state index contributed by atoms with van der Waals surface area (Å²) in [5.74, 6) is 6.23. The van der Waals surface area contributed by atoms with Crippen molar-refractivity contribution in [3.63, 3.8) is 0 Å². The number of nitrogens with zero attached hydrogens (tertiary/aromatic N) is 5. The number of anilines is 1. The summed E-state index contributed by atoms with van der Waals surface area (Å²) in [4.78, 5) is 3.78. The molecule has 0 aliphatic carbocycles. The molecule has 2 rings (SSSR count). The molecule has 0 aromatic carbocycles. The van der Waals surface area contributed by atoms with E-state index in [4.69, 9.17) is 5.84 Å². The van der Waals surface area contributed by atoms with Crippen LogP contribution in [0, 0.1) is 0 Å². The molecule has 7 heteroatoms. The van der Waals surface area contributed by atoms with Crippen LogP contribution in [0.25, 0.3) is 5.82 Å². The maximum atomic E-state index is 5.13. The minimum absolute atomic E-state index is 0.504. The van der Waals surface area contributed by atoms with Crippen LogP contribution >= 0.6 is 0 Å². The number of nitrogens with two attached hydrogens (primary N) is 1. The summed E-state index contributed by atoms with van der Waals surface area (Å²) in [5, 5.41) is 11.5. The first-order chi connectivity index (χ1) is 6.40. The zero-order valence-corrected chi connectivity index (χ0v) is 6.62. The molecule has 2 aromatic heterocycles. The zero-order chi connectivity index (χ0) is 9.10. The van der Waals surface area contributed by atoms with E-state index in [9.17, 15) is 0 Å². The van der Waals surface area contributed by atoms with Gasteiger partial charge in [0.1, 0.15) is 12.7 Å². The lowest BCUT2D eigenvalue weighted by Crippen LogP contribution is -2.10. The van der Waals surface area contributed by atoms with Crippen molar-refractivity contribution in [2.24, 2.45) is 5.84 Å². The molecule has 2 heterocycles. The highest BCUT2D eigenvalue weighted by Gasteiger charge is 1.98. The van der Waals surface area contributed by atoms with Crippen molar-refractivity contribution in [2.75, 3.05) is 5.43 Å². The average molecular weight is 177 g/mol. The Bertz CT molecular complexity index is 364. The number of hydrogen-bond acceptors (Lipinski definition) is 6. The predicted octanol–water partition coefficient (Wildman–Crippen LogP) is -0.657. The second-order valence-electron chi connectivity index (χ2n) is 2.26.